The largest absolute Gasteiger partial charge is 0.373 e. The minimum absolute atomic E-state index is 0.151. The average Bonchev–Trinajstić information content (AvgIpc) is 3.55. The van der Waals surface area contributed by atoms with Gasteiger partial charge in [-0.25, -0.2) is 4.68 Å². The van der Waals surface area contributed by atoms with Gasteiger partial charge < -0.3 is 15.5 Å². The molecule has 2 N–H and O–H groups in total. The van der Waals surface area contributed by atoms with Gasteiger partial charge in [0.15, 0.2) is 0 Å². The molecule has 0 saturated carbocycles. The first-order valence-corrected chi connectivity index (χ1v) is 17.0. The van der Waals surface area contributed by atoms with Gasteiger partial charge in [-0.05, 0) is 95.2 Å². The molecule has 0 bridgehead atoms. The van der Waals surface area contributed by atoms with Crippen LogP contribution in [0.25, 0.3) is 10.9 Å². The number of likely N-dealkylation sites (tertiary alicyclic amines) is 1. The Morgan fingerprint density at radius 1 is 1.00 bits per heavy atom. The van der Waals surface area contributed by atoms with E-state index in [2.05, 4.69) is 80.9 Å². The highest BCUT2D eigenvalue weighted by Gasteiger charge is 2.29. The molecule has 48 heavy (non-hydrogen) atoms. The van der Waals surface area contributed by atoms with E-state index in [-0.39, 0.29) is 17.6 Å². The summed E-state index contributed by atoms with van der Waals surface area (Å²) in [7, 11) is 4.08. The van der Waals surface area contributed by atoms with E-state index in [1.807, 2.05) is 67.3 Å². The number of pyridine rings is 1. The van der Waals surface area contributed by atoms with Gasteiger partial charge in [-0.15, -0.1) is 5.10 Å². The molecular weight excluding hydrogens is 641 g/mol. The Labute approximate surface area is 292 Å². The van der Waals surface area contributed by atoms with Crippen LogP contribution in [-0.2, 0) is 6.54 Å². The molecule has 9 nitrogen and oxygen atoms in total. The third kappa shape index (κ3) is 7.58. The van der Waals surface area contributed by atoms with E-state index >= 15 is 0 Å². The van der Waals surface area contributed by atoms with Gasteiger partial charge in [0, 0.05) is 53.2 Å². The maximum atomic E-state index is 10.1. The van der Waals surface area contributed by atoms with Crippen LogP contribution in [0.2, 0.25) is 10.0 Å². The smallest absolute Gasteiger partial charge is 0.109 e. The predicted octanol–water partition coefficient (Wildman–Crippen LogP) is 8.45. The highest BCUT2D eigenvalue weighted by atomic mass is 35.5. The highest BCUT2D eigenvalue weighted by Crippen LogP contribution is 2.37. The SMILES string of the molecule is CN(C)Cc1ccc(Nc2c(C#N)cnc3c(Cl)cc(NC(c4ccc(Cl)cc4)c4cn(C5CCN(C(C)(C)C)CC5)nn4)cc23)cc1. The molecule has 1 atom stereocenters. The van der Waals surface area contributed by atoms with Crippen LogP contribution in [0.4, 0.5) is 17.1 Å². The lowest BCUT2D eigenvalue weighted by Gasteiger charge is -2.40. The van der Waals surface area contributed by atoms with Crippen LogP contribution in [0.3, 0.4) is 0 Å². The molecule has 11 heteroatoms. The van der Waals surface area contributed by atoms with Crippen molar-refractivity contribution in [2.45, 2.75) is 57.8 Å². The van der Waals surface area contributed by atoms with Crippen molar-refractivity contribution in [2.24, 2.45) is 0 Å². The molecule has 0 aliphatic carbocycles. The van der Waals surface area contributed by atoms with Crippen LogP contribution in [-0.4, -0.2) is 62.5 Å². The van der Waals surface area contributed by atoms with Crippen molar-refractivity contribution >= 4 is 51.2 Å². The number of piperidine rings is 1. The van der Waals surface area contributed by atoms with Crippen LogP contribution in [0.1, 0.15) is 68.1 Å². The van der Waals surface area contributed by atoms with E-state index in [0.717, 1.165) is 60.5 Å². The first-order valence-electron chi connectivity index (χ1n) is 16.2. The minimum Gasteiger partial charge on any atom is -0.373 e. The number of aromatic nitrogens is 4. The Hall–Kier alpha value is -4.20. The van der Waals surface area contributed by atoms with Gasteiger partial charge in [0.1, 0.15) is 11.8 Å². The second-order valence-electron chi connectivity index (χ2n) is 13.7. The summed E-state index contributed by atoms with van der Waals surface area (Å²) < 4.78 is 2.02. The molecule has 6 rings (SSSR count). The first kappa shape index (κ1) is 33.7. The van der Waals surface area contributed by atoms with Gasteiger partial charge >= 0.3 is 0 Å². The van der Waals surface area contributed by atoms with Crippen molar-refractivity contribution in [3.8, 4) is 6.07 Å². The third-order valence-corrected chi connectivity index (χ3v) is 9.43. The van der Waals surface area contributed by atoms with Crippen molar-refractivity contribution in [1.82, 2.24) is 29.8 Å². The molecular formula is C37H41Cl2N9. The Balaban J connectivity index is 1.33. The summed E-state index contributed by atoms with van der Waals surface area (Å²) in [4.78, 5) is 9.20. The number of nitrogens with zero attached hydrogens (tertiary/aromatic N) is 7. The lowest BCUT2D eigenvalue weighted by molar-refractivity contribution is 0.0866. The topological polar surface area (TPSA) is 97.9 Å². The van der Waals surface area contributed by atoms with E-state index in [0.29, 0.717) is 26.8 Å². The molecule has 0 radical (unpaired) electrons. The van der Waals surface area contributed by atoms with E-state index in [9.17, 15) is 5.26 Å². The highest BCUT2D eigenvalue weighted by molar-refractivity contribution is 6.36. The van der Waals surface area contributed by atoms with Gasteiger partial charge in [0.2, 0.25) is 0 Å². The number of rotatable bonds is 9. The summed E-state index contributed by atoms with van der Waals surface area (Å²) in [5.74, 6) is 0. The number of fused-ring (bicyclic) bond motifs is 1. The zero-order valence-electron chi connectivity index (χ0n) is 28.0. The molecule has 0 spiro atoms. The van der Waals surface area contributed by atoms with Gasteiger partial charge in [0.05, 0.1) is 40.1 Å². The van der Waals surface area contributed by atoms with E-state index in [1.165, 1.54) is 5.56 Å². The van der Waals surface area contributed by atoms with Crippen LogP contribution in [0, 0.1) is 11.3 Å². The van der Waals surface area contributed by atoms with Gasteiger partial charge in [-0.2, -0.15) is 5.26 Å². The predicted molar refractivity (Wildman–Crippen MR) is 195 cm³/mol. The van der Waals surface area contributed by atoms with E-state index in [1.54, 1.807) is 6.20 Å². The van der Waals surface area contributed by atoms with E-state index < -0.39 is 0 Å². The molecule has 1 saturated heterocycles. The second-order valence-corrected chi connectivity index (χ2v) is 14.6. The number of hydrogen-bond acceptors (Lipinski definition) is 8. The summed E-state index contributed by atoms with van der Waals surface area (Å²) in [5.41, 5.74) is 6.38. The third-order valence-electron chi connectivity index (χ3n) is 8.89. The van der Waals surface area contributed by atoms with Gasteiger partial charge in [-0.1, -0.05) is 52.7 Å². The lowest BCUT2D eigenvalue weighted by atomic mass is 9.98. The molecule has 3 aromatic carbocycles. The van der Waals surface area contributed by atoms with Gasteiger partial charge in [-0.3, -0.25) is 9.88 Å². The summed E-state index contributed by atoms with van der Waals surface area (Å²) in [6.45, 7) is 9.68. The fourth-order valence-electron chi connectivity index (χ4n) is 6.32. The fraction of sp³-hybridized carbons (Fsp3) is 0.351. The van der Waals surface area contributed by atoms with Crippen molar-refractivity contribution in [3.05, 3.63) is 105 Å². The van der Waals surface area contributed by atoms with Crippen LogP contribution >= 0.6 is 23.2 Å². The van der Waals surface area contributed by atoms with Crippen molar-refractivity contribution in [2.75, 3.05) is 37.8 Å². The van der Waals surface area contributed by atoms with Crippen LogP contribution < -0.4 is 10.6 Å². The second kappa shape index (κ2) is 14.1. The summed E-state index contributed by atoms with van der Waals surface area (Å²) in [5, 5.41) is 28.3. The zero-order chi connectivity index (χ0) is 34.0. The summed E-state index contributed by atoms with van der Waals surface area (Å²) >= 11 is 13.2. The quantitative estimate of drug-likeness (QED) is 0.160. The molecule has 1 aliphatic heterocycles. The van der Waals surface area contributed by atoms with Gasteiger partial charge in [0.25, 0.3) is 0 Å². The number of anilines is 3. The molecule has 2 aromatic heterocycles. The number of benzene rings is 3. The fourth-order valence-corrected chi connectivity index (χ4v) is 6.71. The van der Waals surface area contributed by atoms with E-state index in [4.69, 9.17) is 23.2 Å². The maximum Gasteiger partial charge on any atom is 0.109 e. The minimum atomic E-state index is -0.341. The molecule has 1 aliphatic rings. The summed E-state index contributed by atoms with van der Waals surface area (Å²) in [6, 6.07) is 22.0. The molecule has 1 unspecified atom stereocenters. The van der Waals surface area contributed by atoms with Crippen molar-refractivity contribution in [1.29, 1.82) is 5.26 Å². The van der Waals surface area contributed by atoms with Crippen LogP contribution in [0.15, 0.2) is 73.1 Å². The number of nitrogens with one attached hydrogen (secondary N) is 2. The Kier molecular flexibility index (Phi) is 9.90. The Morgan fingerprint density at radius 2 is 1.71 bits per heavy atom. The maximum absolute atomic E-state index is 10.1. The number of halogens is 2. The Morgan fingerprint density at radius 3 is 2.35 bits per heavy atom. The Bertz CT molecular complexity index is 1910. The average molecular weight is 683 g/mol. The standard InChI is InChI=1S/C37H41Cl2N9/c1-37(2,3)47-16-14-30(15-17-47)48-23-33(44-45-48)35(25-8-10-27(38)11-9-25)43-29-18-31-34(26(20-40)21-41-36(31)32(39)19-29)42-28-12-6-24(7-13-28)22-46(4)5/h6-13,18-19,21,23,30,35,43H,14-17,22H2,1-5H3,(H,41,42). The lowest BCUT2D eigenvalue weighted by Crippen LogP contribution is -2.46. The molecule has 5 aromatic rings. The zero-order valence-corrected chi connectivity index (χ0v) is 29.5. The monoisotopic (exact) mass is 681 g/mol. The molecule has 0 amide bonds. The van der Waals surface area contributed by atoms with Crippen molar-refractivity contribution in [3.63, 3.8) is 0 Å². The molecule has 248 valence electrons. The summed E-state index contributed by atoms with van der Waals surface area (Å²) in [6.07, 6.45) is 5.64. The van der Waals surface area contributed by atoms with Crippen LogP contribution in [0.5, 0.6) is 0 Å². The number of nitriles is 1. The first-order chi connectivity index (χ1) is 23.0. The molecule has 3 heterocycles. The van der Waals surface area contributed by atoms with Crippen molar-refractivity contribution < 1.29 is 0 Å². The molecule has 1 fully saturated rings. The number of hydrogen-bond donors (Lipinski definition) is 2. The normalized spacial score (nSPS) is 15.1.